The molecule has 0 radical (unpaired) electrons. The Balaban J connectivity index is 2.03. The van der Waals surface area contributed by atoms with Gasteiger partial charge in [0, 0.05) is 14.9 Å². The van der Waals surface area contributed by atoms with Crippen LogP contribution in [-0.4, -0.2) is 17.7 Å². The van der Waals surface area contributed by atoms with Crippen molar-refractivity contribution >= 4 is 59.2 Å². The van der Waals surface area contributed by atoms with Gasteiger partial charge in [0.05, 0.1) is 3.79 Å². The van der Waals surface area contributed by atoms with Crippen molar-refractivity contribution in [2.75, 3.05) is 6.61 Å². The molecule has 0 aliphatic carbocycles. The van der Waals surface area contributed by atoms with Crippen LogP contribution in [0.25, 0.3) is 10.1 Å². The number of carboxylic acid groups (broad SMARTS) is 1. The summed E-state index contributed by atoms with van der Waals surface area (Å²) in [6.45, 7) is -0.354. The molecule has 26 heavy (non-hydrogen) atoms. The third-order valence-electron chi connectivity index (χ3n) is 3.57. The number of halogens is 2. The number of carboxylic acids is 1. The van der Waals surface area contributed by atoms with Crippen LogP contribution in [0.15, 0.2) is 70.5 Å². The number of thiophene rings is 1. The second kappa shape index (κ2) is 8.66. The maximum atomic E-state index is 10.6. The fraction of sp³-hybridized carbons (Fsp3) is 0.0500. The van der Waals surface area contributed by atoms with E-state index in [4.69, 9.17) is 9.84 Å². The maximum Gasteiger partial charge on any atom is 0.341 e. The van der Waals surface area contributed by atoms with Gasteiger partial charge in [0.2, 0.25) is 0 Å². The molecule has 6 heteroatoms. The molecule has 0 aliphatic rings. The number of hydrogen-bond donors (Lipinski definition) is 1. The van der Waals surface area contributed by atoms with E-state index >= 15 is 0 Å². The van der Waals surface area contributed by atoms with E-state index in [-0.39, 0.29) is 6.61 Å². The van der Waals surface area contributed by atoms with E-state index in [1.165, 1.54) is 0 Å². The third-order valence-corrected chi connectivity index (χ3v) is 6.07. The number of ether oxygens (including phenoxy) is 1. The van der Waals surface area contributed by atoms with Crippen LogP contribution < -0.4 is 4.74 Å². The first-order chi connectivity index (χ1) is 12.5. The van der Waals surface area contributed by atoms with Crippen molar-refractivity contribution in [3.63, 3.8) is 0 Å². The van der Waals surface area contributed by atoms with Crippen molar-refractivity contribution in [2.45, 2.75) is 0 Å². The van der Waals surface area contributed by atoms with Crippen LogP contribution >= 0.6 is 43.2 Å². The minimum atomic E-state index is -0.995. The third kappa shape index (κ3) is 4.63. The zero-order chi connectivity index (χ0) is 18.5. The van der Waals surface area contributed by atoms with Gasteiger partial charge in [-0.2, -0.15) is 0 Å². The molecule has 0 amide bonds. The van der Waals surface area contributed by atoms with Gasteiger partial charge in [-0.3, -0.25) is 0 Å². The molecule has 0 atom stereocenters. The second-order valence-electron chi connectivity index (χ2n) is 5.37. The molecule has 3 nitrogen and oxygen atoms in total. The molecule has 3 aromatic rings. The molecule has 0 bridgehead atoms. The molecule has 0 saturated carbocycles. The lowest BCUT2D eigenvalue weighted by atomic mass is 10.0. The Hall–Kier alpha value is -1.89. The predicted molar refractivity (Wildman–Crippen MR) is 113 cm³/mol. The fourth-order valence-corrected chi connectivity index (χ4v) is 4.72. The van der Waals surface area contributed by atoms with E-state index < -0.39 is 5.97 Å². The molecule has 0 fully saturated rings. The van der Waals surface area contributed by atoms with Gasteiger partial charge in [0.1, 0.15) is 5.75 Å². The van der Waals surface area contributed by atoms with Crippen molar-refractivity contribution in [1.82, 2.24) is 0 Å². The summed E-state index contributed by atoms with van der Waals surface area (Å²) >= 11 is 8.95. The highest BCUT2D eigenvalue weighted by molar-refractivity contribution is 9.15. The summed E-state index contributed by atoms with van der Waals surface area (Å²) in [7, 11) is 0. The van der Waals surface area contributed by atoms with Gasteiger partial charge in [-0.15, -0.1) is 11.3 Å². The van der Waals surface area contributed by atoms with Crippen LogP contribution in [0.3, 0.4) is 0 Å². The first kappa shape index (κ1) is 18.9. The van der Waals surface area contributed by atoms with E-state index in [0.717, 1.165) is 29.8 Å². The average molecular weight is 494 g/mol. The maximum absolute atomic E-state index is 10.6. The van der Waals surface area contributed by atoms with Gasteiger partial charge in [0.25, 0.3) is 0 Å². The van der Waals surface area contributed by atoms with E-state index in [9.17, 15) is 4.79 Å². The summed E-state index contributed by atoms with van der Waals surface area (Å²) in [6.07, 6.45) is 0. The number of benzene rings is 2. The van der Waals surface area contributed by atoms with Gasteiger partial charge in [-0.05, 0) is 67.3 Å². The second-order valence-corrected chi connectivity index (χ2v) is 8.62. The lowest BCUT2D eigenvalue weighted by Crippen LogP contribution is -2.09. The highest BCUT2D eigenvalue weighted by atomic mass is 79.9. The topological polar surface area (TPSA) is 46.5 Å². The van der Waals surface area contributed by atoms with Crippen LogP contribution in [0.4, 0.5) is 0 Å². The largest absolute Gasteiger partial charge is 0.482 e. The number of rotatable bonds is 6. The SMILES string of the molecule is O=C(O)COc1ccc(/C(=C(\Br)c2ccccc2)c2ccc(Br)s2)cc1. The number of hydrogen-bond acceptors (Lipinski definition) is 3. The number of aliphatic carboxylic acids is 1. The zero-order valence-electron chi connectivity index (χ0n) is 13.5. The van der Waals surface area contributed by atoms with E-state index in [1.54, 1.807) is 23.5 Å². The molecule has 2 aromatic carbocycles. The Morgan fingerprint density at radius 1 is 0.962 bits per heavy atom. The minimum Gasteiger partial charge on any atom is -0.482 e. The van der Waals surface area contributed by atoms with E-state index in [1.807, 2.05) is 36.4 Å². The fourth-order valence-electron chi connectivity index (χ4n) is 2.42. The van der Waals surface area contributed by atoms with E-state index in [2.05, 4.69) is 50.1 Å². The highest BCUT2D eigenvalue weighted by Crippen LogP contribution is 2.40. The molecule has 0 saturated heterocycles. The van der Waals surface area contributed by atoms with Gasteiger partial charge in [-0.25, -0.2) is 4.79 Å². The van der Waals surface area contributed by atoms with Crippen LogP contribution in [0.5, 0.6) is 5.75 Å². The van der Waals surface area contributed by atoms with Crippen molar-refractivity contribution in [3.05, 3.63) is 86.5 Å². The molecule has 0 aliphatic heterocycles. The Kier molecular flexibility index (Phi) is 6.29. The predicted octanol–water partition coefficient (Wildman–Crippen LogP) is 6.29. The smallest absolute Gasteiger partial charge is 0.341 e. The monoisotopic (exact) mass is 492 g/mol. The van der Waals surface area contributed by atoms with Gasteiger partial charge < -0.3 is 9.84 Å². The molecular weight excluding hydrogens is 480 g/mol. The Bertz CT molecular complexity index is 931. The van der Waals surface area contributed by atoms with Gasteiger partial charge >= 0.3 is 5.97 Å². The minimum absolute atomic E-state index is 0.354. The Morgan fingerprint density at radius 3 is 2.23 bits per heavy atom. The van der Waals surface area contributed by atoms with Crippen molar-refractivity contribution in [1.29, 1.82) is 0 Å². The summed E-state index contributed by atoms with van der Waals surface area (Å²) in [5.41, 5.74) is 3.16. The quantitative estimate of drug-likeness (QED) is 0.410. The molecule has 0 spiro atoms. The summed E-state index contributed by atoms with van der Waals surface area (Å²) in [5.74, 6) is -0.469. The molecule has 3 rings (SSSR count). The molecule has 0 unspecified atom stereocenters. The van der Waals surface area contributed by atoms with Crippen molar-refractivity contribution in [2.24, 2.45) is 0 Å². The van der Waals surface area contributed by atoms with Gasteiger partial charge in [-0.1, -0.05) is 42.5 Å². The normalized spacial score (nSPS) is 11.8. The van der Waals surface area contributed by atoms with Gasteiger partial charge in [0.15, 0.2) is 6.61 Å². The summed E-state index contributed by atoms with van der Waals surface area (Å²) < 4.78 is 7.27. The first-order valence-electron chi connectivity index (χ1n) is 7.70. The molecular formula is C20H14Br2O3S. The summed E-state index contributed by atoms with van der Waals surface area (Å²) in [4.78, 5) is 11.8. The van der Waals surface area contributed by atoms with Crippen LogP contribution in [-0.2, 0) is 4.79 Å². The Morgan fingerprint density at radius 2 is 1.65 bits per heavy atom. The summed E-state index contributed by atoms with van der Waals surface area (Å²) in [6, 6.07) is 21.6. The van der Waals surface area contributed by atoms with Crippen LogP contribution in [0, 0.1) is 0 Å². The molecule has 132 valence electrons. The van der Waals surface area contributed by atoms with Crippen molar-refractivity contribution < 1.29 is 14.6 Å². The van der Waals surface area contributed by atoms with Crippen LogP contribution in [0.1, 0.15) is 16.0 Å². The Labute approximate surface area is 172 Å². The molecule has 1 N–H and O–H groups in total. The lowest BCUT2D eigenvalue weighted by Gasteiger charge is -2.12. The summed E-state index contributed by atoms with van der Waals surface area (Å²) in [5, 5.41) is 8.73. The van der Waals surface area contributed by atoms with E-state index in [0.29, 0.717) is 5.75 Å². The van der Waals surface area contributed by atoms with Crippen molar-refractivity contribution in [3.8, 4) is 5.75 Å². The average Bonchev–Trinajstić information content (AvgIpc) is 3.07. The number of carbonyl (C=O) groups is 1. The lowest BCUT2D eigenvalue weighted by molar-refractivity contribution is -0.139. The molecule has 1 heterocycles. The standard InChI is InChI=1S/C20H14Br2O3S/c21-17-11-10-16(26-17)19(20(22)14-4-2-1-3-5-14)13-6-8-15(9-7-13)25-12-18(23)24/h1-11H,12H2,(H,23,24)/b20-19+. The molecule has 1 aromatic heterocycles. The highest BCUT2D eigenvalue weighted by Gasteiger charge is 2.14. The zero-order valence-corrected chi connectivity index (χ0v) is 17.5. The van der Waals surface area contributed by atoms with Crippen LogP contribution in [0.2, 0.25) is 0 Å². The first-order valence-corrected chi connectivity index (χ1v) is 10.1.